The van der Waals surface area contributed by atoms with Gasteiger partial charge in [0.1, 0.15) is 115 Å². The average molecular weight is 1160 g/mol. The number of ether oxygens (including phenoxy) is 5. The van der Waals surface area contributed by atoms with Crippen LogP contribution in [0, 0.1) is 0 Å². The Labute approximate surface area is 446 Å². The van der Waals surface area contributed by atoms with Gasteiger partial charge >= 0.3 is 10.4 Å². The maximum absolute atomic E-state index is 12.3. The lowest BCUT2D eigenvalue weighted by atomic mass is 9.99. The Morgan fingerprint density at radius 1 is 0.658 bits per heavy atom. The zero-order valence-electron chi connectivity index (χ0n) is 41.2. The van der Waals surface area contributed by atoms with Crippen LogP contribution in [0.15, 0.2) is 91.0 Å². The number of rotatable bonds is 25. The normalized spacial score (nSPS) is 29.4. The molecule has 13 N–H and O–H groups in total. The fraction of sp³-hybridized carbons (Fsp3) is 0.617. The molecule has 3 aromatic rings. The van der Waals surface area contributed by atoms with Crippen LogP contribution in [0.25, 0.3) is 0 Å². The summed E-state index contributed by atoms with van der Waals surface area (Å²) < 4.78 is 103. The second-order valence-corrected chi connectivity index (χ2v) is 24.6. The van der Waals surface area contributed by atoms with E-state index in [9.17, 15) is 77.6 Å². The molecule has 0 radical (unpaired) electrons. The first-order valence-electron chi connectivity index (χ1n) is 23.6. The van der Waals surface area contributed by atoms with Gasteiger partial charge in [-0.25, -0.2) is 8.42 Å². The van der Waals surface area contributed by atoms with E-state index in [2.05, 4.69) is 4.18 Å². The molecule has 2 unspecified atom stereocenters. The van der Waals surface area contributed by atoms with Crippen molar-refractivity contribution in [3.8, 4) is 0 Å². The highest BCUT2D eigenvalue weighted by atomic mass is 32.3. The summed E-state index contributed by atoms with van der Waals surface area (Å²) in [7, 11) is -10.2. The highest BCUT2D eigenvalue weighted by Gasteiger charge is 2.54. The van der Waals surface area contributed by atoms with E-state index in [1.807, 2.05) is 91.0 Å². The monoisotopic (exact) mass is 1160 g/mol. The Bertz CT molecular complexity index is 2280. The van der Waals surface area contributed by atoms with E-state index in [1.165, 1.54) is 0 Å². The molecule has 0 aliphatic carbocycles. The van der Waals surface area contributed by atoms with Crippen molar-refractivity contribution in [1.29, 1.82) is 0 Å². The van der Waals surface area contributed by atoms with Gasteiger partial charge in [-0.15, -0.1) is 0 Å². The molecule has 3 aliphatic heterocycles. The summed E-state index contributed by atoms with van der Waals surface area (Å²) in [5, 5.41) is 115. The third-order valence-electron chi connectivity index (χ3n) is 12.3. The maximum atomic E-state index is 12.3. The number of hydrogen-bond donors (Lipinski definition) is 13. The van der Waals surface area contributed by atoms with Crippen molar-refractivity contribution < 1.29 is 119 Å². The van der Waals surface area contributed by atoms with Crippen molar-refractivity contribution in [3.05, 3.63) is 108 Å². The summed E-state index contributed by atoms with van der Waals surface area (Å²) in [5.74, 6) is 0.257. The van der Waals surface area contributed by atoms with Crippen molar-refractivity contribution in [2.45, 2.75) is 116 Å². The van der Waals surface area contributed by atoms with Gasteiger partial charge in [-0.2, -0.15) is 8.42 Å². The molecule has 432 valence electrons. The Hall–Kier alpha value is -2.58. The highest BCUT2D eigenvalue weighted by molar-refractivity contribution is 7.98. The lowest BCUT2D eigenvalue weighted by molar-refractivity contribution is -0.183. The zero-order chi connectivity index (χ0) is 56.2. The van der Waals surface area contributed by atoms with Gasteiger partial charge in [0, 0.05) is 21.8 Å². The molecular weight excluding hydrogens is 1090 g/mol. The summed E-state index contributed by atoms with van der Waals surface area (Å²) in [6, 6.07) is 28.2. The van der Waals surface area contributed by atoms with Crippen LogP contribution < -0.4 is 0 Å². The third kappa shape index (κ3) is 21.1. The molecule has 0 spiro atoms. The first kappa shape index (κ1) is 65.9. The molecule has 3 heterocycles. The van der Waals surface area contributed by atoms with Crippen molar-refractivity contribution >= 4 is 42.6 Å². The summed E-state index contributed by atoms with van der Waals surface area (Å²) in [4.78, 5) is 0. The average Bonchev–Trinajstić information content (AvgIpc) is 3.76. The minimum Gasteiger partial charge on any atom is -0.726 e. The number of aliphatic hydroxyl groups excluding tert-OH is 12. The maximum Gasteiger partial charge on any atom is 0.397 e. The predicted octanol–water partition coefficient (Wildman–Crippen LogP) is -4.39. The molecule has 76 heavy (non-hydrogen) atoms. The van der Waals surface area contributed by atoms with Crippen LogP contribution in [0.1, 0.15) is 16.7 Å². The van der Waals surface area contributed by atoms with Crippen LogP contribution in [0.4, 0.5) is 0 Å². The Balaban J connectivity index is 0.000000369. The fourth-order valence-corrected chi connectivity index (χ4v) is 14.2. The third-order valence-corrected chi connectivity index (χ3v) is 18.8. The topological polar surface area (TPSA) is 419 Å². The van der Waals surface area contributed by atoms with Gasteiger partial charge in [-0.1, -0.05) is 91.0 Å². The first-order chi connectivity index (χ1) is 36.0. The molecule has 0 aromatic heterocycles. The van der Waals surface area contributed by atoms with E-state index in [0.717, 1.165) is 23.8 Å². The van der Waals surface area contributed by atoms with Gasteiger partial charge in [-0.3, -0.25) is 12.9 Å². The smallest absolute Gasteiger partial charge is 0.397 e. The zero-order valence-corrected chi connectivity index (χ0v) is 44.5. The minimum atomic E-state index is -5.30. The molecule has 25 nitrogen and oxygen atoms in total. The summed E-state index contributed by atoms with van der Waals surface area (Å²) in [6.07, 6.45) is -18.8. The predicted molar refractivity (Wildman–Crippen MR) is 271 cm³/mol. The molecule has 3 saturated heterocycles. The fourth-order valence-electron chi connectivity index (χ4n) is 8.22. The molecule has 6 rings (SSSR count). The van der Waals surface area contributed by atoms with E-state index in [1.54, 1.807) is 0 Å². The van der Waals surface area contributed by atoms with Gasteiger partial charge in [0.15, 0.2) is 10.5 Å². The van der Waals surface area contributed by atoms with Crippen molar-refractivity contribution in [2.75, 3.05) is 63.3 Å². The SMILES string of the molecule is COS(=O)(=O)O.O=S(=O)([O-])O[C@H]1[C@H](OCc2ccccc2)[C@@H]([C@@H](COCc2ccccc2)OCc2ccccc2)OCO[C@@H]1C[S+]1C[C@@H](O)[C@H](O)[C@H]1CO.OC[C@@H]1[C@@H](O)[C@H](O)C[S+]1C[C@@H](O)[C@@H](O)[C@H](O)[C@H](O)[C@@H](O)CO. The summed E-state index contributed by atoms with van der Waals surface area (Å²) >= 11 is 0. The number of hydrogen-bond acceptors (Lipinski definition) is 24. The van der Waals surface area contributed by atoms with E-state index < -0.39 is 158 Å². The summed E-state index contributed by atoms with van der Waals surface area (Å²) in [6.45, 7) is -1.51. The van der Waals surface area contributed by atoms with Crippen molar-refractivity contribution in [3.63, 3.8) is 0 Å². The van der Waals surface area contributed by atoms with E-state index in [0.29, 0.717) is 0 Å². The highest BCUT2D eigenvalue weighted by Crippen LogP contribution is 2.32. The lowest BCUT2D eigenvalue weighted by Gasteiger charge is -2.36. The lowest BCUT2D eigenvalue weighted by Crippen LogP contribution is -2.54. The van der Waals surface area contributed by atoms with E-state index >= 15 is 0 Å². The van der Waals surface area contributed by atoms with Crippen LogP contribution in [-0.4, -0.2) is 247 Å². The van der Waals surface area contributed by atoms with Crippen molar-refractivity contribution in [1.82, 2.24) is 0 Å². The second kappa shape index (κ2) is 32.6. The van der Waals surface area contributed by atoms with Gasteiger partial charge in [0.2, 0.25) is 10.4 Å². The van der Waals surface area contributed by atoms with E-state index in [4.69, 9.17) is 37.5 Å². The molecule has 18 atom stereocenters. The van der Waals surface area contributed by atoms with Crippen LogP contribution in [0.2, 0.25) is 0 Å². The van der Waals surface area contributed by atoms with Crippen LogP contribution in [0.5, 0.6) is 0 Å². The Morgan fingerprint density at radius 3 is 1.62 bits per heavy atom. The molecule has 0 amide bonds. The molecule has 3 aromatic carbocycles. The number of benzene rings is 3. The van der Waals surface area contributed by atoms with Gasteiger partial charge < -0.3 is 89.5 Å². The van der Waals surface area contributed by atoms with Gasteiger partial charge in [-0.05, 0) is 16.7 Å². The molecule has 3 fully saturated rings. The Kier molecular flexibility index (Phi) is 28.3. The number of aliphatic hydroxyl groups is 12. The second-order valence-electron chi connectivity index (χ2n) is 17.7. The van der Waals surface area contributed by atoms with Crippen LogP contribution in [-0.2, 0) is 94.5 Å². The van der Waals surface area contributed by atoms with E-state index in [-0.39, 0.29) is 56.2 Å². The molecular formula is C47H71O25S4+. The molecule has 0 saturated carbocycles. The molecule has 3 aliphatic rings. The first-order valence-corrected chi connectivity index (χ1v) is 29.6. The quantitative estimate of drug-likeness (QED) is 0.0216. The summed E-state index contributed by atoms with van der Waals surface area (Å²) in [5.41, 5.74) is 2.58. The molecule has 29 heteroatoms. The molecule has 0 bridgehead atoms. The van der Waals surface area contributed by atoms with Crippen LogP contribution >= 0.6 is 0 Å². The van der Waals surface area contributed by atoms with Crippen molar-refractivity contribution in [2.24, 2.45) is 0 Å². The Morgan fingerprint density at radius 2 is 1.13 bits per heavy atom. The minimum absolute atomic E-state index is 0.00838. The standard InChI is InChI=1S/C34H42O12S2.C12H25O9S.CH4O4S/c35-16-30-31(37)27(36)21-47(30)22-29-33(46-48(38,39)40)34(43-19-26-14-8-3-9-15-26)32(45-23-44-29)28(42-18-25-12-6-2-7-13-25)20-41-17-24-10-4-1-5-11-24;13-1-5(15)10(19)12(21)11(20)7(17)4-22-3-6(16)9(18)8(22)2-14;1-5-6(2,3)4/h1-15,27-37H,16-23H2;5-21H,1-4H2;1H3,(H,2,3,4)/q;+1;/t27-,28-,29-,30-,31+,32-,33-,34-,47?;5-,6+,7+,8+,9-,10+,11+,12+,22?;/m10./s1. The van der Waals surface area contributed by atoms with Gasteiger partial charge in [0.25, 0.3) is 0 Å². The largest absolute Gasteiger partial charge is 0.726 e. The van der Waals surface area contributed by atoms with Gasteiger partial charge in [0.05, 0.1) is 53.4 Å². The van der Waals surface area contributed by atoms with Crippen LogP contribution in [0.3, 0.4) is 0 Å².